The Kier molecular flexibility index (Phi) is 4.84. The number of benzene rings is 1. The summed E-state index contributed by atoms with van der Waals surface area (Å²) in [4.78, 5) is 34.5. The first-order chi connectivity index (χ1) is 12.7. The van der Waals surface area contributed by atoms with Gasteiger partial charge in [-0.2, -0.15) is 0 Å². The van der Waals surface area contributed by atoms with Gasteiger partial charge in [0.05, 0.1) is 12.1 Å². The SMILES string of the molecule is O=C(C1CCCC1)N(Cc1ccccc1)Cc1nc2ccsc2c(=O)[nH]1. The molecule has 0 aliphatic heterocycles. The van der Waals surface area contributed by atoms with Crippen molar-refractivity contribution < 1.29 is 4.79 Å². The molecule has 1 aromatic carbocycles. The number of carbonyl (C=O) groups is 1. The smallest absolute Gasteiger partial charge is 0.268 e. The molecular weight excluding hydrogens is 346 g/mol. The Labute approximate surface area is 155 Å². The van der Waals surface area contributed by atoms with E-state index in [4.69, 9.17) is 0 Å². The molecular formula is C20H21N3O2S. The molecule has 0 saturated heterocycles. The van der Waals surface area contributed by atoms with Gasteiger partial charge in [0.25, 0.3) is 5.56 Å². The number of carbonyl (C=O) groups excluding carboxylic acids is 1. The molecule has 2 aromatic heterocycles. The van der Waals surface area contributed by atoms with Crippen molar-refractivity contribution in [1.29, 1.82) is 0 Å². The number of rotatable bonds is 5. The lowest BCUT2D eigenvalue weighted by Gasteiger charge is -2.25. The third-order valence-electron chi connectivity index (χ3n) is 4.94. The van der Waals surface area contributed by atoms with E-state index in [1.54, 1.807) is 0 Å². The second-order valence-electron chi connectivity index (χ2n) is 6.81. The van der Waals surface area contributed by atoms with Gasteiger partial charge >= 0.3 is 0 Å². The van der Waals surface area contributed by atoms with E-state index >= 15 is 0 Å². The van der Waals surface area contributed by atoms with Crippen LogP contribution in [0.15, 0.2) is 46.6 Å². The summed E-state index contributed by atoms with van der Waals surface area (Å²) < 4.78 is 0.630. The number of H-pyrrole nitrogens is 1. The lowest BCUT2D eigenvalue weighted by Crippen LogP contribution is -2.35. The van der Waals surface area contributed by atoms with Crippen molar-refractivity contribution in [1.82, 2.24) is 14.9 Å². The van der Waals surface area contributed by atoms with E-state index in [2.05, 4.69) is 9.97 Å². The van der Waals surface area contributed by atoms with E-state index in [-0.39, 0.29) is 17.4 Å². The van der Waals surface area contributed by atoms with Gasteiger partial charge in [-0.05, 0) is 29.9 Å². The normalized spacial score (nSPS) is 14.8. The lowest BCUT2D eigenvalue weighted by molar-refractivity contribution is -0.136. The van der Waals surface area contributed by atoms with Crippen LogP contribution in [0.5, 0.6) is 0 Å². The minimum absolute atomic E-state index is 0.0929. The number of aromatic amines is 1. The molecule has 0 atom stereocenters. The monoisotopic (exact) mass is 367 g/mol. The highest BCUT2D eigenvalue weighted by Crippen LogP contribution is 2.27. The van der Waals surface area contributed by atoms with E-state index in [0.29, 0.717) is 29.1 Å². The molecule has 0 spiro atoms. The Morgan fingerprint density at radius 3 is 2.69 bits per heavy atom. The summed E-state index contributed by atoms with van der Waals surface area (Å²) >= 11 is 1.38. The van der Waals surface area contributed by atoms with Gasteiger partial charge in [0, 0.05) is 12.5 Å². The molecule has 26 heavy (non-hydrogen) atoms. The van der Waals surface area contributed by atoms with E-state index in [9.17, 15) is 9.59 Å². The van der Waals surface area contributed by atoms with Crippen LogP contribution in [0.4, 0.5) is 0 Å². The number of hydrogen-bond donors (Lipinski definition) is 1. The summed E-state index contributed by atoms with van der Waals surface area (Å²) in [5.41, 5.74) is 1.65. The first-order valence-corrected chi connectivity index (χ1v) is 9.88. The third kappa shape index (κ3) is 3.55. The van der Waals surface area contributed by atoms with E-state index in [1.165, 1.54) is 11.3 Å². The topological polar surface area (TPSA) is 66.1 Å². The van der Waals surface area contributed by atoms with Crippen molar-refractivity contribution in [2.75, 3.05) is 0 Å². The fraction of sp³-hybridized carbons (Fsp3) is 0.350. The number of hydrogen-bond acceptors (Lipinski definition) is 4. The minimum Gasteiger partial charge on any atom is -0.331 e. The molecule has 1 fully saturated rings. The summed E-state index contributed by atoms with van der Waals surface area (Å²) in [7, 11) is 0. The average Bonchev–Trinajstić information content (AvgIpc) is 3.33. The van der Waals surface area contributed by atoms with E-state index < -0.39 is 0 Å². The molecule has 0 bridgehead atoms. The van der Waals surface area contributed by atoms with Crippen LogP contribution in [-0.2, 0) is 17.9 Å². The second-order valence-corrected chi connectivity index (χ2v) is 7.72. The zero-order valence-corrected chi connectivity index (χ0v) is 15.3. The van der Waals surface area contributed by atoms with Crippen LogP contribution in [0.3, 0.4) is 0 Å². The Hall–Kier alpha value is -2.47. The van der Waals surface area contributed by atoms with Crippen molar-refractivity contribution in [3.8, 4) is 0 Å². The summed E-state index contributed by atoms with van der Waals surface area (Å²) in [5.74, 6) is 0.804. The molecule has 1 aliphatic rings. The van der Waals surface area contributed by atoms with Crippen LogP contribution in [-0.4, -0.2) is 20.8 Å². The zero-order chi connectivity index (χ0) is 17.9. The van der Waals surface area contributed by atoms with Gasteiger partial charge in [0.1, 0.15) is 10.5 Å². The van der Waals surface area contributed by atoms with Crippen molar-refractivity contribution in [3.05, 3.63) is 63.5 Å². The highest BCUT2D eigenvalue weighted by Gasteiger charge is 2.28. The first kappa shape index (κ1) is 17.0. The Balaban J connectivity index is 1.62. The summed E-state index contributed by atoms with van der Waals surface area (Å²) in [6, 6.07) is 11.8. The largest absolute Gasteiger partial charge is 0.331 e. The van der Waals surface area contributed by atoms with Gasteiger partial charge in [0.15, 0.2) is 0 Å². The van der Waals surface area contributed by atoms with Crippen LogP contribution in [0.25, 0.3) is 10.2 Å². The van der Waals surface area contributed by atoms with Crippen molar-refractivity contribution in [3.63, 3.8) is 0 Å². The van der Waals surface area contributed by atoms with Crippen LogP contribution in [0.1, 0.15) is 37.1 Å². The van der Waals surface area contributed by atoms with Gasteiger partial charge in [-0.15, -0.1) is 11.3 Å². The van der Waals surface area contributed by atoms with Gasteiger partial charge < -0.3 is 9.88 Å². The van der Waals surface area contributed by atoms with Crippen molar-refractivity contribution in [2.45, 2.75) is 38.8 Å². The predicted octanol–water partition coefficient (Wildman–Crippen LogP) is 3.70. The fourth-order valence-electron chi connectivity index (χ4n) is 3.62. The van der Waals surface area contributed by atoms with Gasteiger partial charge in [0.2, 0.25) is 5.91 Å². The van der Waals surface area contributed by atoms with E-state index in [1.807, 2.05) is 46.7 Å². The number of nitrogens with zero attached hydrogens (tertiary/aromatic N) is 2. The quantitative estimate of drug-likeness (QED) is 0.748. The molecule has 4 rings (SSSR count). The Morgan fingerprint density at radius 2 is 1.92 bits per heavy atom. The minimum atomic E-state index is -0.132. The van der Waals surface area contributed by atoms with Gasteiger partial charge in [-0.3, -0.25) is 9.59 Å². The summed E-state index contributed by atoms with van der Waals surface area (Å²) in [6.45, 7) is 0.854. The summed E-state index contributed by atoms with van der Waals surface area (Å²) in [5, 5.41) is 1.86. The van der Waals surface area contributed by atoms with Crippen molar-refractivity contribution >= 4 is 27.5 Å². The molecule has 1 N–H and O–H groups in total. The highest BCUT2D eigenvalue weighted by molar-refractivity contribution is 7.17. The lowest BCUT2D eigenvalue weighted by atomic mass is 10.1. The third-order valence-corrected chi connectivity index (χ3v) is 5.84. The molecule has 1 saturated carbocycles. The molecule has 1 amide bonds. The molecule has 0 unspecified atom stereocenters. The first-order valence-electron chi connectivity index (χ1n) is 9.00. The second kappa shape index (κ2) is 7.41. The number of nitrogens with one attached hydrogen (secondary N) is 1. The standard InChI is InChI=1S/C20H21N3O2S/c24-19-18-16(10-11-26-18)21-17(22-19)13-23(12-14-6-2-1-3-7-14)20(25)15-8-4-5-9-15/h1-3,6-7,10-11,15H,4-5,8-9,12-13H2,(H,21,22,24). The fourth-order valence-corrected chi connectivity index (χ4v) is 4.35. The Morgan fingerprint density at radius 1 is 1.15 bits per heavy atom. The van der Waals surface area contributed by atoms with Gasteiger partial charge in [-0.1, -0.05) is 43.2 Å². The number of amides is 1. The zero-order valence-electron chi connectivity index (χ0n) is 14.5. The number of fused-ring (bicyclic) bond motifs is 1. The molecule has 5 nitrogen and oxygen atoms in total. The molecule has 1 aliphatic carbocycles. The van der Waals surface area contributed by atoms with Crippen molar-refractivity contribution in [2.24, 2.45) is 5.92 Å². The predicted molar refractivity (Wildman–Crippen MR) is 103 cm³/mol. The maximum absolute atomic E-state index is 13.1. The molecule has 0 radical (unpaired) electrons. The van der Waals surface area contributed by atoms with Crippen LogP contribution in [0.2, 0.25) is 0 Å². The molecule has 2 heterocycles. The summed E-state index contributed by atoms with van der Waals surface area (Å²) in [6.07, 6.45) is 4.15. The Bertz CT molecular complexity index is 958. The van der Waals surface area contributed by atoms with E-state index in [0.717, 1.165) is 31.2 Å². The van der Waals surface area contributed by atoms with Crippen LogP contribution >= 0.6 is 11.3 Å². The van der Waals surface area contributed by atoms with Gasteiger partial charge in [-0.25, -0.2) is 4.98 Å². The average molecular weight is 367 g/mol. The maximum Gasteiger partial charge on any atom is 0.268 e. The molecule has 134 valence electrons. The number of thiophene rings is 1. The maximum atomic E-state index is 13.1. The van der Waals surface area contributed by atoms with Crippen LogP contribution in [0, 0.1) is 5.92 Å². The molecule has 3 aromatic rings. The number of aromatic nitrogens is 2. The van der Waals surface area contributed by atoms with Crippen LogP contribution < -0.4 is 5.56 Å². The highest BCUT2D eigenvalue weighted by atomic mass is 32.1. The molecule has 6 heteroatoms.